The summed E-state index contributed by atoms with van der Waals surface area (Å²) in [6.45, 7) is 1.37. The largest absolute Gasteiger partial charge is 0.365 e. The van der Waals surface area contributed by atoms with E-state index in [0.717, 1.165) is 17.5 Å². The fourth-order valence-corrected chi connectivity index (χ4v) is 3.62. The molecule has 1 heterocycles. The average Bonchev–Trinajstić information content (AvgIpc) is 2.91. The summed E-state index contributed by atoms with van der Waals surface area (Å²) in [7, 11) is 3.64. The van der Waals surface area contributed by atoms with Gasteiger partial charge in [-0.25, -0.2) is 5.21 Å². The van der Waals surface area contributed by atoms with Gasteiger partial charge in [-0.15, -0.1) is 0 Å². The Morgan fingerprint density at radius 2 is 1.50 bits per heavy atom. The Labute approximate surface area is 132 Å². The van der Waals surface area contributed by atoms with Gasteiger partial charge in [0.05, 0.1) is 20.0 Å². The number of rotatable bonds is 4. The SMILES string of the molecule is C[N+](C)(O)C[C@@H]1CCOC1(c1ccccc1)c1ccccc1. The van der Waals surface area contributed by atoms with Crippen molar-refractivity contribution in [1.29, 1.82) is 0 Å². The number of benzene rings is 2. The van der Waals surface area contributed by atoms with Gasteiger partial charge in [-0.3, -0.25) is 0 Å². The van der Waals surface area contributed by atoms with Crippen LogP contribution in [0.4, 0.5) is 0 Å². The highest BCUT2D eigenvalue weighted by Crippen LogP contribution is 2.46. The first kappa shape index (κ1) is 15.2. The van der Waals surface area contributed by atoms with Crippen LogP contribution in [0.1, 0.15) is 17.5 Å². The monoisotopic (exact) mass is 298 g/mol. The van der Waals surface area contributed by atoms with Crippen molar-refractivity contribution in [1.82, 2.24) is 0 Å². The van der Waals surface area contributed by atoms with Crippen molar-refractivity contribution in [3.05, 3.63) is 71.8 Å². The molecule has 1 aliphatic rings. The molecule has 0 unspecified atom stereocenters. The van der Waals surface area contributed by atoms with Crippen molar-refractivity contribution in [2.75, 3.05) is 27.2 Å². The molecule has 3 heteroatoms. The van der Waals surface area contributed by atoms with Gasteiger partial charge in [0, 0.05) is 6.61 Å². The summed E-state index contributed by atoms with van der Waals surface area (Å²) in [5, 5.41) is 10.3. The molecule has 1 fully saturated rings. The zero-order valence-electron chi connectivity index (χ0n) is 13.3. The van der Waals surface area contributed by atoms with Gasteiger partial charge in [-0.2, -0.15) is 4.65 Å². The molecule has 2 aromatic rings. The van der Waals surface area contributed by atoms with Crippen molar-refractivity contribution in [2.45, 2.75) is 12.0 Å². The van der Waals surface area contributed by atoms with Crippen molar-refractivity contribution < 1.29 is 14.6 Å². The van der Waals surface area contributed by atoms with Crippen LogP contribution in [-0.2, 0) is 10.3 Å². The van der Waals surface area contributed by atoms with Crippen molar-refractivity contribution in [2.24, 2.45) is 5.92 Å². The minimum Gasteiger partial charge on any atom is -0.365 e. The second-order valence-corrected chi connectivity index (χ2v) is 6.61. The lowest BCUT2D eigenvalue weighted by molar-refractivity contribution is -1.07. The van der Waals surface area contributed by atoms with E-state index < -0.39 is 5.60 Å². The van der Waals surface area contributed by atoms with Crippen LogP contribution < -0.4 is 0 Å². The molecule has 3 rings (SSSR count). The third-order valence-corrected chi connectivity index (χ3v) is 4.44. The topological polar surface area (TPSA) is 29.5 Å². The molecule has 1 N–H and O–H groups in total. The molecule has 1 atom stereocenters. The minimum atomic E-state index is -0.471. The predicted octanol–water partition coefficient (Wildman–Crippen LogP) is 3.43. The maximum Gasteiger partial charge on any atom is 0.126 e. The Bertz CT molecular complexity index is 565. The van der Waals surface area contributed by atoms with E-state index in [4.69, 9.17) is 4.74 Å². The van der Waals surface area contributed by atoms with E-state index in [2.05, 4.69) is 48.5 Å². The first-order chi connectivity index (χ1) is 10.5. The number of hydroxylamine groups is 3. The molecule has 1 aliphatic heterocycles. The van der Waals surface area contributed by atoms with Crippen LogP contribution in [0.2, 0.25) is 0 Å². The van der Waals surface area contributed by atoms with Gasteiger partial charge in [0.25, 0.3) is 0 Å². The van der Waals surface area contributed by atoms with Gasteiger partial charge >= 0.3 is 0 Å². The third-order valence-electron chi connectivity index (χ3n) is 4.44. The molecule has 1 saturated heterocycles. The molecule has 0 bridgehead atoms. The second-order valence-electron chi connectivity index (χ2n) is 6.61. The maximum absolute atomic E-state index is 10.3. The second kappa shape index (κ2) is 5.84. The van der Waals surface area contributed by atoms with Crippen LogP contribution in [0.3, 0.4) is 0 Å². The fourth-order valence-electron chi connectivity index (χ4n) is 3.62. The summed E-state index contributed by atoms with van der Waals surface area (Å²) in [5.41, 5.74) is 1.86. The summed E-state index contributed by atoms with van der Waals surface area (Å²) in [6.07, 6.45) is 0.950. The van der Waals surface area contributed by atoms with Gasteiger partial charge in [0.1, 0.15) is 12.1 Å². The molecule has 2 aromatic carbocycles. The van der Waals surface area contributed by atoms with Crippen molar-refractivity contribution in [3.63, 3.8) is 0 Å². The molecule has 22 heavy (non-hydrogen) atoms. The third kappa shape index (κ3) is 2.80. The summed E-state index contributed by atoms with van der Waals surface area (Å²) < 4.78 is 6.30. The molecule has 0 spiro atoms. The lowest BCUT2D eigenvalue weighted by Crippen LogP contribution is -2.46. The van der Waals surface area contributed by atoms with Crippen LogP contribution >= 0.6 is 0 Å². The molecule has 0 aromatic heterocycles. The number of nitrogens with zero attached hydrogens (tertiary/aromatic N) is 1. The highest BCUT2D eigenvalue weighted by Gasteiger charge is 2.49. The molecular weight excluding hydrogens is 274 g/mol. The molecule has 0 aliphatic carbocycles. The number of ether oxygens (including phenoxy) is 1. The van der Waals surface area contributed by atoms with Crippen LogP contribution in [-0.4, -0.2) is 37.1 Å². The van der Waals surface area contributed by atoms with Crippen molar-refractivity contribution in [3.8, 4) is 0 Å². The van der Waals surface area contributed by atoms with E-state index in [1.165, 1.54) is 0 Å². The smallest absolute Gasteiger partial charge is 0.126 e. The van der Waals surface area contributed by atoms with Crippen LogP contribution in [0.25, 0.3) is 0 Å². The normalized spacial score (nSPS) is 21.0. The van der Waals surface area contributed by atoms with E-state index in [1.807, 2.05) is 26.2 Å². The average molecular weight is 298 g/mol. The highest BCUT2D eigenvalue weighted by atomic mass is 16.5. The maximum atomic E-state index is 10.3. The van der Waals surface area contributed by atoms with Crippen molar-refractivity contribution >= 4 is 0 Å². The standard InChI is InChI=1S/C19H24NO2/c1-20(2,21)15-18-13-14-22-19(18,16-9-5-3-6-10-16)17-11-7-4-8-12-17/h3-12,18,21H,13-15H2,1-2H3/q+1/t18-/m0/s1. The number of quaternary nitrogens is 1. The number of hydrogen-bond acceptors (Lipinski definition) is 2. The zero-order valence-corrected chi connectivity index (χ0v) is 13.3. The Hall–Kier alpha value is -1.68. The van der Waals surface area contributed by atoms with E-state index in [0.29, 0.717) is 13.2 Å². The van der Waals surface area contributed by atoms with Gasteiger partial charge < -0.3 is 4.74 Å². The van der Waals surface area contributed by atoms with E-state index >= 15 is 0 Å². The summed E-state index contributed by atoms with van der Waals surface area (Å²) in [6, 6.07) is 20.8. The predicted molar refractivity (Wildman–Crippen MR) is 86.5 cm³/mol. The zero-order chi connectivity index (χ0) is 15.6. The first-order valence-corrected chi connectivity index (χ1v) is 7.83. The minimum absolute atomic E-state index is 0.0462. The lowest BCUT2D eigenvalue weighted by atomic mass is 9.76. The van der Waals surface area contributed by atoms with E-state index in [-0.39, 0.29) is 10.6 Å². The van der Waals surface area contributed by atoms with Crippen LogP contribution in [0, 0.1) is 5.92 Å². The first-order valence-electron chi connectivity index (χ1n) is 7.83. The number of hydrogen-bond donors (Lipinski definition) is 1. The molecule has 116 valence electrons. The molecule has 0 saturated carbocycles. The summed E-state index contributed by atoms with van der Waals surface area (Å²) in [4.78, 5) is 0. The Balaban J connectivity index is 2.11. The Kier molecular flexibility index (Phi) is 4.04. The van der Waals surface area contributed by atoms with E-state index in [9.17, 15) is 5.21 Å². The van der Waals surface area contributed by atoms with Gasteiger partial charge in [-0.1, -0.05) is 60.7 Å². The van der Waals surface area contributed by atoms with Crippen LogP contribution in [0.15, 0.2) is 60.7 Å². The quantitative estimate of drug-likeness (QED) is 0.692. The highest BCUT2D eigenvalue weighted by molar-refractivity contribution is 5.38. The van der Waals surface area contributed by atoms with Gasteiger partial charge in [0.2, 0.25) is 0 Å². The van der Waals surface area contributed by atoms with Gasteiger partial charge in [-0.05, 0) is 17.5 Å². The lowest BCUT2D eigenvalue weighted by Gasteiger charge is -2.37. The van der Waals surface area contributed by atoms with E-state index in [1.54, 1.807) is 0 Å². The van der Waals surface area contributed by atoms with Crippen LogP contribution in [0.5, 0.6) is 0 Å². The summed E-state index contributed by atoms with van der Waals surface area (Å²) >= 11 is 0. The molecular formula is C19H24NO2+. The van der Waals surface area contributed by atoms with Gasteiger partial charge in [0.15, 0.2) is 0 Å². The molecule has 0 radical (unpaired) electrons. The molecule has 3 nitrogen and oxygen atoms in total. The Morgan fingerprint density at radius 3 is 1.95 bits per heavy atom. The molecule has 0 amide bonds. The summed E-state index contributed by atoms with van der Waals surface area (Å²) in [5.74, 6) is 0.234. The Morgan fingerprint density at radius 1 is 1.00 bits per heavy atom. The fraction of sp³-hybridized carbons (Fsp3) is 0.368.